The topological polar surface area (TPSA) is 76.7 Å². The lowest BCUT2D eigenvalue weighted by Crippen LogP contribution is -2.56. The van der Waals surface area contributed by atoms with E-state index < -0.39 is 12.2 Å². The molecule has 0 aliphatic heterocycles. The van der Waals surface area contributed by atoms with Crippen molar-refractivity contribution in [2.24, 2.45) is 0 Å². The van der Waals surface area contributed by atoms with Gasteiger partial charge in [-0.1, -0.05) is 36.0 Å². The van der Waals surface area contributed by atoms with Gasteiger partial charge in [0.05, 0.1) is 8.95 Å². The van der Waals surface area contributed by atoms with Gasteiger partial charge in [0.1, 0.15) is 11.5 Å². The van der Waals surface area contributed by atoms with E-state index in [4.69, 9.17) is 32.7 Å². The van der Waals surface area contributed by atoms with Crippen molar-refractivity contribution in [3.8, 4) is 11.5 Å². The molecule has 4 unspecified atom stereocenters. The standard InChI is InChI=1S/C24H26Br2Cl2N2O4/c1-13(33-21-9-7-15(27)11-17(21)25)23(31)29-19-5-3-4-6-20(19)30-24(32)14(2)34-22-10-8-16(28)12-18(22)26/h7-14,19-20H,3-6H2,1-2H3,(H,29,31)(H,30,32). The maximum atomic E-state index is 12.8. The Morgan fingerprint density at radius 1 is 0.824 bits per heavy atom. The Morgan fingerprint density at radius 3 is 1.56 bits per heavy atom. The van der Waals surface area contributed by atoms with Crippen molar-refractivity contribution >= 4 is 66.9 Å². The van der Waals surface area contributed by atoms with E-state index in [1.807, 2.05) is 0 Å². The van der Waals surface area contributed by atoms with Crippen LogP contribution in [0.15, 0.2) is 45.3 Å². The summed E-state index contributed by atoms with van der Waals surface area (Å²) in [6.07, 6.45) is 2.04. The van der Waals surface area contributed by atoms with Gasteiger partial charge in [-0.05, 0) is 94.9 Å². The van der Waals surface area contributed by atoms with Gasteiger partial charge in [0.25, 0.3) is 11.8 Å². The summed E-state index contributed by atoms with van der Waals surface area (Å²) in [6, 6.07) is 9.84. The fourth-order valence-electron chi connectivity index (χ4n) is 3.71. The molecule has 4 atom stereocenters. The zero-order chi connectivity index (χ0) is 24.8. The van der Waals surface area contributed by atoms with Crippen LogP contribution >= 0.6 is 55.1 Å². The molecule has 0 bridgehead atoms. The van der Waals surface area contributed by atoms with Crippen LogP contribution in [0.2, 0.25) is 10.0 Å². The number of rotatable bonds is 8. The molecule has 1 fully saturated rings. The second kappa shape index (κ2) is 12.5. The molecule has 0 saturated heterocycles. The molecule has 0 aromatic heterocycles. The highest BCUT2D eigenvalue weighted by Gasteiger charge is 2.31. The fraction of sp³-hybridized carbons (Fsp3) is 0.417. The van der Waals surface area contributed by atoms with E-state index in [0.717, 1.165) is 25.7 Å². The SMILES string of the molecule is CC(Oc1ccc(Cl)cc1Br)C(=O)NC1CCCCC1NC(=O)C(C)Oc1ccc(Cl)cc1Br. The number of carbonyl (C=O) groups excluding carboxylic acids is 2. The minimum atomic E-state index is -0.722. The first-order valence-electron chi connectivity index (χ1n) is 11.0. The second-order valence-electron chi connectivity index (χ2n) is 8.18. The lowest BCUT2D eigenvalue weighted by molar-refractivity contribution is -0.131. The number of carbonyl (C=O) groups is 2. The summed E-state index contributed by atoms with van der Waals surface area (Å²) in [5, 5.41) is 7.23. The van der Waals surface area contributed by atoms with Crippen LogP contribution in [0.3, 0.4) is 0 Å². The van der Waals surface area contributed by atoms with Crippen LogP contribution in [0, 0.1) is 0 Å². The monoisotopic (exact) mass is 634 g/mol. The highest BCUT2D eigenvalue weighted by atomic mass is 79.9. The number of ether oxygens (including phenoxy) is 2. The number of benzene rings is 2. The first-order chi connectivity index (χ1) is 16.1. The van der Waals surface area contributed by atoms with Crippen molar-refractivity contribution in [1.29, 1.82) is 0 Å². The maximum absolute atomic E-state index is 12.8. The van der Waals surface area contributed by atoms with Crippen LogP contribution < -0.4 is 20.1 Å². The molecule has 2 aromatic carbocycles. The Hall–Kier alpha value is -1.48. The molecule has 2 aromatic rings. The van der Waals surface area contributed by atoms with Gasteiger partial charge >= 0.3 is 0 Å². The molecule has 2 N–H and O–H groups in total. The Morgan fingerprint density at radius 2 is 1.21 bits per heavy atom. The van der Waals surface area contributed by atoms with Crippen LogP contribution in [0.25, 0.3) is 0 Å². The van der Waals surface area contributed by atoms with E-state index in [9.17, 15) is 9.59 Å². The molecule has 10 heteroatoms. The van der Waals surface area contributed by atoms with E-state index in [0.29, 0.717) is 30.5 Å². The largest absolute Gasteiger partial charge is 0.480 e. The van der Waals surface area contributed by atoms with Crippen molar-refractivity contribution in [3.63, 3.8) is 0 Å². The third kappa shape index (κ3) is 7.51. The maximum Gasteiger partial charge on any atom is 0.261 e. The van der Waals surface area contributed by atoms with Crippen molar-refractivity contribution in [2.45, 2.75) is 63.8 Å². The molecule has 1 aliphatic carbocycles. The molecule has 184 valence electrons. The van der Waals surface area contributed by atoms with Gasteiger partial charge in [0.2, 0.25) is 0 Å². The average Bonchev–Trinajstić information content (AvgIpc) is 2.78. The number of nitrogens with one attached hydrogen (secondary N) is 2. The molecular formula is C24H26Br2Cl2N2O4. The van der Waals surface area contributed by atoms with E-state index in [2.05, 4.69) is 42.5 Å². The Kier molecular flexibility index (Phi) is 9.95. The first kappa shape index (κ1) is 27.1. The van der Waals surface area contributed by atoms with E-state index in [1.165, 1.54) is 0 Å². The van der Waals surface area contributed by atoms with Gasteiger partial charge in [-0.25, -0.2) is 0 Å². The molecule has 0 radical (unpaired) electrons. The highest BCUT2D eigenvalue weighted by molar-refractivity contribution is 9.10. The minimum Gasteiger partial charge on any atom is -0.480 e. The summed E-state index contributed by atoms with van der Waals surface area (Å²) < 4.78 is 13.0. The normalized spacial score (nSPS) is 19.6. The van der Waals surface area contributed by atoms with Crippen molar-refractivity contribution in [2.75, 3.05) is 0 Å². The molecule has 0 heterocycles. The Bertz CT molecular complexity index is 959. The predicted molar refractivity (Wildman–Crippen MR) is 141 cm³/mol. The molecule has 1 aliphatic rings. The van der Waals surface area contributed by atoms with E-state index in [1.54, 1.807) is 50.2 Å². The number of halogens is 4. The zero-order valence-corrected chi connectivity index (χ0v) is 23.4. The molecule has 1 saturated carbocycles. The van der Waals surface area contributed by atoms with E-state index >= 15 is 0 Å². The number of hydrogen-bond donors (Lipinski definition) is 2. The number of amides is 2. The van der Waals surface area contributed by atoms with Crippen LogP contribution in [0.1, 0.15) is 39.5 Å². The molecule has 2 amide bonds. The Labute approximate surface area is 226 Å². The third-order valence-electron chi connectivity index (χ3n) is 5.56. The van der Waals surface area contributed by atoms with Gasteiger partial charge < -0.3 is 20.1 Å². The summed E-state index contributed by atoms with van der Waals surface area (Å²) in [7, 11) is 0. The van der Waals surface area contributed by atoms with Gasteiger partial charge in [-0.2, -0.15) is 0 Å². The van der Waals surface area contributed by atoms with E-state index in [-0.39, 0.29) is 23.9 Å². The lowest BCUT2D eigenvalue weighted by atomic mass is 9.90. The molecule has 3 rings (SSSR count). The summed E-state index contributed by atoms with van der Waals surface area (Å²) in [6.45, 7) is 3.37. The summed E-state index contributed by atoms with van der Waals surface area (Å²) >= 11 is 18.7. The molecule has 34 heavy (non-hydrogen) atoms. The van der Waals surface area contributed by atoms with Crippen molar-refractivity contribution in [3.05, 3.63) is 55.4 Å². The van der Waals surface area contributed by atoms with Crippen molar-refractivity contribution < 1.29 is 19.1 Å². The average molecular weight is 637 g/mol. The minimum absolute atomic E-state index is 0.195. The quantitative estimate of drug-likeness (QED) is 0.357. The third-order valence-corrected chi connectivity index (χ3v) is 7.26. The fourth-order valence-corrected chi connectivity index (χ4v) is 5.26. The molecule has 6 nitrogen and oxygen atoms in total. The van der Waals surface area contributed by atoms with Crippen LogP contribution in [0.4, 0.5) is 0 Å². The zero-order valence-electron chi connectivity index (χ0n) is 18.7. The second-order valence-corrected chi connectivity index (χ2v) is 10.8. The smallest absolute Gasteiger partial charge is 0.261 e. The molecular weight excluding hydrogens is 611 g/mol. The van der Waals surface area contributed by atoms with Crippen LogP contribution in [-0.2, 0) is 9.59 Å². The van der Waals surface area contributed by atoms with Gasteiger partial charge in [0, 0.05) is 22.1 Å². The summed E-state index contributed by atoms with van der Waals surface area (Å²) in [5.74, 6) is 0.560. The van der Waals surface area contributed by atoms with Crippen LogP contribution in [0.5, 0.6) is 11.5 Å². The number of hydrogen-bond acceptors (Lipinski definition) is 4. The van der Waals surface area contributed by atoms with Crippen molar-refractivity contribution in [1.82, 2.24) is 10.6 Å². The Balaban J connectivity index is 1.57. The van der Waals surface area contributed by atoms with Gasteiger partial charge in [0.15, 0.2) is 12.2 Å². The summed E-state index contributed by atoms with van der Waals surface area (Å²) in [5.41, 5.74) is 0. The van der Waals surface area contributed by atoms with Gasteiger partial charge in [-0.3, -0.25) is 9.59 Å². The molecule has 0 spiro atoms. The first-order valence-corrected chi connectivity index (χ1v) is 13.3. The highest BCUT2D eigenvalue weighted by Crippen LogP contribution is 2.30. The van der Waals surface area contributed by atoms with Crippen LogP contribution in [-0.4, -0.2) is 36.1 Å². The summed E-state index contributed by atoms with van der Waals surface area (Å²) in [4.78, 5) is 25.7. The van der Waals surface area contributed by atoms with Gasteiger partial charge in [-0.15, -0.1) is 0 Å². The lowest BCUT2D eigenvalue weighted by Gasteiger charge is -2.34. The predicted octanol–water partition coefficient (Wildman–Crippen LogP) is 6.30.